The molecule has 0 aliphatic carbocycles. The van der Waals surface area contributed by atoms with Gasteiger partial charge >= 0.3 is 19.8 Å². The van der Waals surface area contributed by atoms with E-state index >= 15 is 0 Å². The van der Waals surface area contributed by atoms with E-state index in [-0.39, 0.29) is 19.4 Å². The van der Waals surface area contributed by atoms with E-state index in [4.69, 9.17) is 19.1 Å². The van der Waals surface area contributed by atoms with Gasteiger partial charge in [0.05, 0.1) is 19.8 Å². The Morgan fingerprint density at radius 3 is 1.79 bits per heavy atom. The van der Waals surface area contributed by atoms with Crippen LogP contribution < -0.4 is 0 Å². The summed E-state index contributed by atoms with van der Waals surface area (Å²) in [5, 5.41) is 18.2. The first-order valence-corrected chi connectivity index (χ1v) is 17.6. The summed E-state index contributed by atoms with van der Waals surface area (Å²) >= 11 is 0. The van der Waals surface area contributed by atoms with Crippen molar-refractivity contribution in [2.75, 3.05) is 26.4 Å². The zero-order valence-electron chi connectivity index (χ0n) is 26.2. The van der Waals surface area contributed by atoms with E-state index in [9.17, 15) is 24.2 Å². The van der Waals surface area contributed by atoms with Gasteiger partial charge in [-0.15, -0.1) is 0 Å². The molecule has 0 rings (SSSR count). The SMILES string of the molecule is CCCC/C=C\CCCCCCCC(=O)OC(COC(=O)CCCCCCCCCC)COP(=O)(O)OCC(O)CO. The maximum absolute atomic E-state index is 12.4. The first kappa shape index (κ1) is 40.7. The summed E-state index contributed by atoms with van der Waals surface area (Å²) in [5.41, 5.74) is 0. The molecule has 0 radical (unpaired) electrons. The topological polar surface area (TPSA) is 149 Å². The molecule has 0 aromatic rings. The first-order chi connectivity index (χ1) is 20.2. The number of carbonyl (C=O) groups excluding carboxylic acids is 2. The summed E-state index contributed by atoms with van der Waals surface area (Å²) in [7, 11) is -4.60. The molecule has 0 aromatic heterocycles. The number of allylic oxidation sites excluding steroid dienone is 2. The van der Waals surface area contributed by atoms with Crippen LogP contribution in [0.1, 0.15) is 136 Å². The van der Waals surface area contributed by atoms with E-state index in [1.54, 1.807) is 0 Å². The van der Waals surface area contributed by atoms with E-state index in [1.165, 1.54) is 38.5 Å². The molecule has 0 aromatic carbocycles. The minimum Gasteiger partial charge on any atom is -0.462 e. The predicted molar refractivity (Wildman–Crippen MR) is 164 cm³/mol. The number of hydrogen-bond acceptors (Lipinski definition) is 9. The van der Waals surface area contributed by atoms with Crippen molar-refractivity contribution in [1.29, 1.82) is 0 Å². The van der Waals surface area contributed by atoms with Gasteiger partial charge in [-0.3, -0.25) is 18.6 Å². The molecule has 0 aliphatic rings. The molecule has 42 heavy (non-hydrogen) atoms. The monoisotopic (exact) mass is 622 g/mol. The molecule has 0 fully saturated rings. The van der Waals surface area contributed by atoms with Gasteiger partial charge in [0.1, 0.15) is 12.7 Å². The third-order valence-electron chi connectivity index (χ3n) is 6.67. The maximum atomic E-state index is 12.4. The number of hydrogen-bond donors (Lipinski definition) is 3. The molecule has 11 heteroatoms. The van der Waals surface area contributed by atoms with Crippen LogP contribution in [0.3, 0.4) is 0 Å². The molecule has 10 nitrogen and oxygen atoms in total. The van der Waals surface area contributed by atoms with Crippen LogP contribution in [0.2, 0.25) is 0 Å². The largest absolute Gasteiger partial charge is 0.472 e. The number of unbranched alkanes of at least 4 members (excludes halogenated alkanes) is 14. The Bertz CT molecular complexity index is 731. The molecule has 0 heterocycles. The van der Waals surface area contributed by atoms with E-state index in [0.717, 1.165) is 57.8 Å². The first-order valence-electron chi connectivity index (χ1n) is 16.1. The molecule has 3 N–H and O–H groups in total. The van der Waals surface area contributed by atoms with Gasteiger partial charge in [-0.05, 0) is 32.1 Å². The van der Waals surface area contributed by atoms with Crippen molar-refractivity contribution < 1.29 is 47.8 Å². The zero-order chi connectivity index (χ0) is 31.3. The second-order valence-corrected chi connectivity index (χ2v) is 12.3. The number of carbonyl (C=O) groups is 2. The number of aliphatic hydroxyl groups is 2. The Balaban J connectivity index is 4.48. The molecule has 0 saturated heterocycles. The summed E-state index contributed by atoms with van der Waals surface area (Å²) in [6.07, 6.45) is 20.6. The van der Waals surface area contributed by atoms with E-state index in [1.807, 2.05) is 0 Å². The average Bonchev–Trinajstić information content (AvgIpc) is 2.97. The lowest BCUT2D eigenvalue weighted by Gasteiger charge is -2.20. The quantitative estimate of drug-likeness (QED) is 0.0333. The molecular formula is C31H59O10P. The number of phosphoric acid groups is 1. The highest BCUT2D eigenvalue weighted by atomic mass is 31.2. The normalized spacial score (nSPS) is 14.5. The fourth-order valence-electron chi connectivity index (χ4n) is 4.09. The summed E-state index contributed by atoms with van der Waals surface area (Å²) in [4.78, 5) is 34.5. The molecule has 248 valence electrons. The van der Waals surface area contributed by atoms with Crippen LogP contribution in [0.4, 0.5) is 0 Å². The Kier molecular flexibility index (Phi) is 27.6. The Morgan fingerprint density at radius 1 is 0.690 bits per heavy atom. The van der Waals surface area contributed by atoms with Crippen LogP contribution in [0.25, 0.3) is 0 Å². The summed E-state index contributed by atoms with van der Waals surface area (Å²) in [6.45, 7) is 2.26. The molecule has 0 amide bonds. The van der Waals surface area contributed by atoms with Gasteiger partial charge in [0.25, 0.3) is 0 Å². The van der Waals surface area contributed by atoms with Gasteiger partial charge in [0.2, 0.25) is 0 Å². The number of esters is 2. The van der Waals surface area contributed by atoms with Crippen molar-refractivity contribution in [2.45, 2.75) is 148 Å². The highest BCUT2D eigenvalue weighted by Crippen LogP contribution is 2.43. The second-order valence-electron chi connectivity index (χ2n) is 10.8. The van der Waals surface area contributed by atoms with Crippen molar-refractivity contribution in [2.24, 2.45) is 0 Å². The zero-order valence-corrected chi connectivity index (χ0v) is 27.1. The lowest BCUT2D eigenvalue weighted by Crippen LogP contribution is -2.29. The lowest BCUT2D eigenvalue weighted by atomic mass is 10.1. The van der Waals surface area contributed by atoms with Crippen LogP contribution in [0, 0.1) is 0 Å². The van der Waals surface area contributed by atoms with Gasteiger partial charge in [0, 0.05) is 12.8 Å². The molecular weight excluding hydrogens is 563 g/mol. The maximum Gasteiger partial charge on any atom is 0.472 e. The summed E-state index contributed by atoms with van der Waals surface area (Å²) in [5.74, 6) is -0.942. The smallest absolute Gasteiger partial charge is 0.462 e. The molecule has 3 atom stereocenters. The number of rotatable bonds is 30. The van der Waals surface area contributed by atoms with Crippen LogP contribution in [-0.4, -0.2) is 65.7 Å². The third-order valence-corrected chi connectivity index (χ3v) is 7.62. The standard InChI is InChI=1S/C31H59O10P/c1-3-5-7-9-11-13-14-15-17-19-21-23-31(35)41-29(27-40-42(36,37)39-25-28(33)24-32)26-38-30(34)22-20-18-16-12-10-8-6-4-2/h9,11,28-29,32-33H,3-8,10,12-27H2,1-2H3,(H,36,37)/b11-9-. The molecule has 0 bridgehead atoms. The Labute approximate surface area is 254 Å². The van der Waals surface area contributed by atoms with Gasteiger partial charge in [-0.1, -0.05) is 103 Å². The Hall–Kier alpha value is -1.29. The van der Waals surface area contributed by atoms with E-state index in [0.29, 0.717) is 12.8 Å². The van der Waals surface area contributed by atoms with Gasteiger partial charge in [0.15, 0.2) is 6.10 Å². The van der Waals surface area contributed by atoms with Crippen molar-refractivity contribution in [3.8, 4) is 0 Å². The van der Waals surface area contributed by atoms with Crippen LogP contribution in [0.15, 0.2) is 12.2 Å². The fourth-order valence-corrected chi connectivity index (χ4v) is 4.88. The van der Waals surface area contributed by atoms with Gasteiger partial charge in [-0.25, -0.2) is 4.57 Å². The van der Waals surface area contributed by atoms with Crippen molar-refractivity contribution in [3.63, 3.8) is 0 Å². The lowest BCUT2D eigenvalue weighted by molar-refractivity contribution is -0.161. The minimum atomic E-state index is -4.60. The fraction of sp³-hybridized carbons (Fsp3) is 0.871. The van der Waals surface area contributed by atoms with Gasteiger partial charge < -0.3 is 24.6 Å². The number of aliphatic hydroxyl groups excluding tert-OH is 2. The van der Waals surface area contributed by atoms with E-state index < -0.39 is 51.8 Å². The van der Waals surface area contributed by atoms with Gasteiger partial charge in [-0.2, -0.15) is 0 Å². The molecule has 0 spiro atoms. The Morgan fingerprint density at radius 2 is 1.19 bits per heavy atom. The molecule has 0 aliphatic heterocycles. The molecule has 3 unspecified atom stereocenters. The highest BCUT2D eigenvalue weighted by Gasteiger charge is 2.27. The van der Waals surface area contributed by atoms with E-state index in [2.05, 4.69) is 30.5 Å². The highest BCUT2D eigenvalue weighted by molar-refractivity contribution is 7.47. The second kappa shape index (κ2) is 28.5. The van der Waals surface area contributed by atoms with Crippen molar-refractivity contribution in [3.05, 3.63) is 12.2 Å². The predicted octanol–water partition coefficient (Wildman–Crippen LogP) is 6.94. The van der Waals surface area contributed by atoms with Crippen LogP contribution >= 0.6 is 7.82 Å². The molecule has 0 saturated carbocycles. The van der Waals surface area contributed by atoms with Crippen LogP contribution in [0.5, 0.6) is 0 Å². The third kappa shape index (κ3) is 27.5. The van der Waals surface area contributed by atoms with Crippen molar-refractivity contribution in [1.82, 2.24) is 0 Å². The number of phosphoric ester groups is 1. The minimum absolute atomic E-state index is 0.176. The van der Waals surface area contributed by atoms with Crippen molar-refractivity contribution >= 4 is 19.8 Å². The van der Waals surface area contributed by atoms with Crippen LogP contribution in [-0.2, 0) is 32.7 Å². The number of ether oxygens (including phenoxy) is 2. The average molecular weight is 623 g/mol. The summed E-state index contributed by atoms with van der Waals surface area (Å²) < 4.78 is 32.3. The summed E-state index contributed by atoms with van der Waals surface area (Å²) in [6, 6.07) is 0.